The van der Waals surface area contributed by atoms with Crippen LogP contribution < -0.4 is 4.90 Å². The molecule has 8 heteroatoms. The molecule has 0 aliphatic carbocycles. The van der Waals surface area contributed by atoms with Crippen LogP contribution in [0, 0.1) is 0 Å². The largest absolute Gasteiger partial charge is 0.337 e. The molecule has 2 aromatic heterocycles. The first-order chi connectivity index (χ1) is 11.4. The summed E-state index contributed by atoms with van der Waals surface area (Å²) in [6, 6.07) is 10.0. The minimum atomic E-state index is 0.810. The van der Waals surface area contributed by atoms with Gasteiger partial charge >= 0.3 is 0 Å². The van der Waals surface area contributed by atoms with E-state index in [1.54, 1.807) is 16.0 Å². The van der Waals surface area contributed by atoms with Crippen molar-refractivity contribution in [2.24, 2.45) is 0 Å². The van der Waals surface area contributed by atoms with Crippen molar-refractivity contribution in [3.8, 4) is 5.69 Å². The normalized spacial score (nSPS) is 15.9. The fourth-order valence-corrected chi connectivity index (χ4v) is 3.32. The van der Waals surface area contributed by atoms with Crippen LogP contribution in [0.25, 0.3) is 5.69 Å². The maximum atomic E-state index is 4.36. The third kappa shape index (κ3) is 3.08. The van der Waals surface area contributed by atoms with Crippen LogP contribution in [0.1, 0.15) is 5.69 Å². The molecule has 0 spiro atoms. The molecule has 118 valence electrons. The lowest BCUT2D eigenvalue weighted by Gasteiger charge is -2.34. The van der Waals surface area contributed by atoms with Gasteiger partial charge in [0.1, 0.15) is 0 Å². The molecule has 1 fully saturated rings. The van der Waals surface area contributed by atoms with E-state index in [2.05, 4.69) is 35.7 Å². The summed E-state index contributed by atoms with van der Waals surface area (Å²) < 4.78 is 1.80. The number of aromatic nitrogens is 5. The van der Waals surface area contributed by atoms with Crippen LogP contribution in [-0.4, -0.2) is 56.3 Å². The van der Waals surface area contributed by atoms with Gasteiger partial charge in [-0.15, -0.1) is 11.3 Å². The highest BCUT2D eigenvalue weighted by Gasteiger charge is 2.22. The number of nitrogens with zero attached hydrogens (tertiary/aromatic N) is 7. The second kappa shape index (κ2) is 6.43. The molecule has 1 aliphatic rings. The first-order valence-corrected chi connectivity index (χ1v) is 8.52. The number of thiazole rings is 1. The minimum absolute atomic E-state index is 0.810. The molecule has 0 atom stereocenters. The Morgan fingerprint density at radius 1 is 1.04 bits per heavy atom. The van der Waals surface area contributed by atoms with Gasteiger partial charge in [-0.3, -0.25) is 4.90 Å². The van der Waals surface area contributed by atoms with Crippen LogP contribution in [0.4, 0.5) is 5.95 Å². The third-order valence-electron chi connectivity index (χ3n) is 3.98. The first kappa shape index (κ1) is 14.3. The molecule has 3 aromatic rings. The molecule has 0 N–H and O–H groups in total. The molecule has 0 saturated carbocycles. The summed E-state index contributed by atoms with van der Waals surface area (Å²) in [4.78, 5) is 9.02. The van der Waals surface area contributed by atoms with Gasteiger partial charge in [0.2, 0.25) is 5.95 Å². The molecule has 23 heavy (non-hydrogen) atoms. The van der Waals surface area contributed by atoms with Crippen LogP contribution in [0.3, 0.4) is 0 Å². The SMILES string of the molecule is c1ccc(-n2nnnc2N2CCN(Cc3cscn3)CC2)cc1. The summed E-state index contributed by atoms with van der Waals surface area (Å²) in [5.41, 5.74) is 4.02. The fourth-order valence-electron chi connectivity index (χ4n) is 2.77. The fraction of sp³-hybridized carbons (Fsp3) is 0.333. The maximum Gasteiger partial charge on any atom is 0.250 e. The lowest BCUT2D eigenvalue weighted by molar-refractivity contribution is 0.246. The van der Waals surface area contributed by atoms with E-state index in [1.807, 2.05) is 35.8 Å². The molecule has 4 rings (SSSR count). The lowest BCUT2D eigenvalue weighted by Crippen LogP contribution is -2.46. The minimum Gasteiger partial charge on any atom is -0.337 e. The molecule has 0 unspecified atom stereocenters. The molecular formula is C15H17N7S. The van der Waals surface area contributed by atoms with Crippen molar-refractivity contribution in [1.82, 2.24) is 30.1 Å². The number of hydrogen-bond acceptors (Lipinski definition) is 7. The van der Waals surface area contributed by atoms with Crippen LogP contribution in [0.5, 0.6) is 0 Å². The second-order valence-corrected chi connectivity index (χ2v) is 6.19. The van der Waals surface area contributed by atoms with Gasteiger partial charge in [-0.05, 0) is 22.6 Å². The highest BCUT2D eigenvalue weighted by molar-refractivity contribution is 7.07. The van der Waals surface area contributed by atoms with Crippen molar-refractivity contribution in [3.63, 3.8) is 0 Å². The number of benzene rings is 1. The van der Waals surface area contributed by atoms with Gasteiger partial charge in [0, 0.05) is 38.1 Å². The standard InChI is InChI=1S/C15H17N7S/c1-2-4-14(5-3-1)22-15(17-18-19-22)21-8-6-20(7-9-21)10-13-11-23-12-16-13/h1-5,11-12H,6-10H2. The lowest BCUT2D eigenvalue weighted by atomic mass is 10.3. The predicted octanol–water partition coefficient (Wildman–Crippen LogP) is 1.44. The van der Waals surface area contributed by atoms with E-state index < -0.39 is 0 Å². The highest BCUT2D eigenvalue weighted by atomic mass is 32.1. The van der Waals surface area contributed by atoms with Crippen molar-refractivity contribution in [3.05, 3.63) is 46.9 Å². The summed E-state index contributed by atoms with van der Waals surface area (Å²) in [6.45, 7) is 4.72. The molecule has 0 radical (unpaired) electrons. The Morgan fingerprint density at radius 3 is 2.61 bits per heavy atom. The quantitative estimate of drug-likeness (QED) is 0.722. The smallest absolute Gasteiger partial charge is 0.250 e. The number of para-hydroxylation sites is 1. The zero-order chi connectivity index (χ0) is 15.5. The van der Waals surface area contributed by atoms with Gasteiger partial charge in [-0.2, -0.15) is 4.68 Å². The summed E-state index contributed by atoms with van der Waals surface area (Å²) in [7, 11) is 0. The van der Waals surface area contributed by atoms with Gasteiger partial charge in [-0.25, -0.2) is 4.98 Å². The van der Waals surface area contributed by atoms with Gasteiger partial charge in [0.15, 0.2) is 0 Å². The zero-order valence-electron chi connectivity index (χ0n) is 12.6. The van der Waals surface area contributed by atoms with Gasteiger partial charge in [-0.1, -0.05) is 23.3 Å². The van der Waals surface area contributed by atoms with E-state index >= 15 is 0 Å². The number of piperazine rings is 1. The van der Waals surface area contributed by atoms with Gasteiger partial charge < -0.3 is 4.90 Å². The summed E-state index contributed by atoms with van der Waals surface area (Å²) in [6.07, 6.45) is 0. The first-order valence-electron chi connectivity index (χ1n) is 7.58. The van der Waals surface area contributed by atoms with E-state index in [9.17, 15) is 0 Å². The summed E-state index contributed by atoms with van der Waals surface area (Å²) in [5, 5.41) is 14.3. The number of tetrazole rings is 1. The van der Waals surface area contributed by atoms with E-state index in [0.29, 0.717) is 0 Å². The van der Waals surface area contributed by atoms with Crippen LogP contribution in [0.15, 0.2) is 41.2 Å². The second-order valence-electron chi connectivity index (χ2n) is 5.47. The van der Waals surface area contributed by atoms with E-state index in [1.165, 1.54) is 0 Å². The Morgan fingerprint density at radius 2 is 1.87 bits per heavy atom. The van der Waals surface area contributed by atoms with E-state index in [-0.39, 0.29) is 0 Å². The molecule has 3 heterocycles. The average Bonchev–Trinajstić information content (AvgIpc) is 3.28. The van der Waals surface area contributed by atoms with Gasteiger partial charge in [0.25, 0.3) is 0 Å². The number of anilines is 1. The Labute approximate surface area is 138 Å². The van der Waals surface area contributed by atoms with Crippen LogP contribution >= 0.6 is 11.3 Å². The molecule has 1 aromatic carbocycles. The molecule has 0 amide bonds. The number of rotatable bonds is 4. The Hall–Kier alpha value is -2.32. The van der Waals surface area contributed by atoms with E-state index in [4.69, 9.17) is 0 Å². The summed E-state index contributed by atoms with van der Waals surface area (Å²) >= 11 is 1.65. The predicted molar refractivity (Wildman–Crippen MR) is 88.8 cm³/mol. The molecule has 1 aliphatic heterocycles. The van der Waals surface area contributed by atoms with Crippen molar-refractivity contribution in [1.29, 1.82) is 0 Å². The Bertz CT molecular complexity index is 732. The van der Waals surface area contributed by atoms with Crippen molar-refractivity contribution in [2.75, 3.05) is 31.1 Å². The molecule has 1 saturated heterocycles. The number of hydrogen-bond donors (Lipinski definition) is 0. The van der Waals surface area contributed by atoms with Crippen molar-refractivity contribution in [2.45, 2.75) is 6.54 Å². The zero-order valence-corrected chi connectivity index (χ0v) is 13.4. The van der Waals surface area contributed by atoms with Crippen molar-refractivity contribution < 1.29 is 0 Å². The molecule has 0 bridgehead atoms. The average molecular weight is 327 g/mol. The topological polar surface area (TPSA) is 63.0 Å². The summed E-state index contributed by atoms with van der Waals surface area (Å²) in [5.74, 6) is 0.810. The van der Waals surface area contributed by atoms with E-state index in [0.717, 1.165) is 50.1 Å². The third-order valence-corrected chi connectivity index (χ3v) is 4.61. The van der Waals surface area contributed by atoms with Crippen LogP contribution in [0.2, 0.25) is 0 Å². The monoisotopic (exact) mass is 327 g/mol. The molecule has 7 nitrogen and oxygen atoms in total. The Balaban J connectivity index is 1.44. The van der Waals surface area contributed by atoms with Crippen LogP contribution in [-0.2, 0) is 6.54 Å². The highest BCUT2D eigenvalue weighted by Crippen LogP contribution is 2.17. The van der Waals surface area contributed by atoms with Gasteiger partial charge in [0.05, 0.1) is 16.9 Å². The molecular weight excluding hydrogens is 310 g/mol. The van der Waals surface area contributed by atoms with Crippen molar-refractivity contribution >= 4 is 17.3 Å². The maximum absolute atomic E-state index is 4.36. The Kier molecular flexibility index (Phi) is 3.99.